The van der Waals surface area contributed by atoms with Crippen molar-refractivity contribution >= 4 is 40.9 Å². The Bertz CT molecular complexity index is 1510. The van der Waals surface area contributed by atoms with Crippen molar-refractivity contribution in [1.82, 2.24) is 15.3 Å². The number of rotatable bonds is 15. The summed E-state index contributed by atoms with van der Waals surface area (Å²) in [4.78, 5) is 45.1. The van der Waals surface area contributed by atoms with E-state index < -0.39 is 5.97 Å². The topological polar surface area (TPSA) is 160 Å². The SMILES string of the molecule is COC(=O)CNC(=O)c1ccc(CCC[N+]2(CCCc3ccc(OC)cc3)CCCC(CC(=O)c3nc(Cl)c(N)nc3N)C2)cc1.[Cl-]. The first-order valence-electron chi connectivity index (χ1n) is 15.6. The van der Waals surface area contributed by atoms with E-state index in [0.717, 1.165) is 80.5 Å². The fourth-order valence-corrected chi connectivity index (χ4v) is 6.44. The molecule has 13 heteroatoms. The lowest BCUT2D eigenvalue weighted by atomic mass is 9.89. The number of likely N-dealkylation sites (tertiary alicyclic amines) is 1. The summed E-state index contributed by atoms with van der Waals surface area (Å²) < 4.78 is 10.8. The van der Waals surface area contributed by atoms with Crippen LogP contribution in [0.15, 0.2) is 48.5 Å². The van der Waals surface area contributed by atoms with Crippen LogP contribution in [0.5, 0.6) is 5.75 Å². The number of ketones is 1. The van der Waals surface area contributed by atoms with Crippen molar-refractivity contribution in [1.29, 1.82) is 0 Å². The van der Waals surface area contributed by atoms with Gasteiger partial charge in [-0.25, -0.2) is 9.97 Å². The molecule has 254 valence electrons. The van der Waals surface area contributed by atoms with E-state index in [1.165, 1.54) is 12.7 Å². The average Bonchev–Trinajstić information content (AvgIpc) is 3.06. The van der Waals surface area contributed by atoms with Gasteiger partial charge in [-0.3, -0.25) is 14.4 Å². The molecule has 2 unspecified atom stereocenters. The van der Waals surface area contributed by atoms with Crippen LogP contribution in [0.25, 0.3) is 0 Å². The highest BCUT2D eigenvalue weighted by Gasteiger charge is 2.36. The number of carbonyl (C=O) groups is 3. The lowest BCUT2D eigenvalue weighted by Crippen LogP contribution is -3.00. The molecule has 1 aliphatic rings. The number of aromatic nitrogens is 2. The highest BCUT2D eigenvalue weighted by Crippen LogP contribution is 2.30. The van der Waals surface area contributed by atoms with Gasteiger partial charge in [0.1, 0.15) is 18.0 Å². The lowest BCUT2D eigenvalue weighted by molar-refractivity contribution is -0.936. The molecule has 4 rings (SSSR count). The fraction of sp³-hybridized carbons (Fsp3) is 0.441. The van der Waals surface area contributed by atoms with Crippen LogP contribution in [-0.2, 0) is 22.4 Å². The maximum Gasteiger partial charge on any atom is 0.325 e. The summed E-state index contributed by atoms with van der Waals surface area (Å²) in [6.07, 6.45) is 6.12. The molecule has 1 aromatic heterocycles. The van der Waals surface area contributed by atoms with Crippen molar-refractivity contribution in [3.8, 4) is 5.75 Å². The minimum Gasteiger partial charge on any atom is -1.00 e. The van der Waals surface area contributed by atoms with Gasteiger partial charge in [-0.15, -0.1) is 0 Å². The lowest BCUT2D eigenvalue weighted by Gasteiger charge is -2.45. The molecule has 0 spiro atoms. The van der Waals surface area contributed by atoms with Gasteiger partial charge in [0.2, 0.25) is 0 Å². The number of methoxy groups -OCH3 is 2. The second kappa shape index (κ2) is 17.8. The fourth-order valence-electron chi connectivity index (χ4n) is 6.31. The number of esters is 1. The number of nitrogen functional groups attached to an aromatic ring is 2. The second-order valence-corrected chi connectivity index (χ2v) is 12.3. The molecule has 1 fully saturated rings. The summed E-state index contributed by atoms with van der Waals surface area (Å²) >= 11 is 6.05. The zero-order chi connectivity index (χ0) is 33.1. The molecule has 5 N–H and O–H groups in total. The first-order valence-corrected chi connectivity index (χ1v) is 16.0. The number of nitrogens with two attached hydrogens (primary N) is 2. The third-order valence-electron chi connectivity index (χ3n) is 8.73. The van der Waals surface area contributed by atoms with Gasteiger partial charge in [0.05, 0.1) is 40.4 Å². The van der Waals surface area contributed by atoms with Crippen molar-refractivity contribution in [3.63, 3.8) is 0 Å². The van der Waals surface area contributed by atoms with E-state index in [0.29, 0.717) is 12.0 Å². The number of benzene rings is 2. The normalized spacial score (nSPS) is 17.3. The summed E-state index contributed by atoms with van der Waals surface area (Å²) in [5, 5.41) is 2.55. The molecule has 0 radical (unpaired) electrons. The Kier molecular flexibility index (Phi) is 14.2. The molecule has 2 aromatic carbocycles. The molecular weight excluding hydrogens is 643 g/mol. The predicted octanol–water partition coefficient (Wildman–Crippen LogP) is 1.28. The molecule has 0 saturated carbocycles. The Morgan fingerprint density at radius 2 is 1.55 bits per heavy atom. The number of amides is 1. The van der Waals surface area contributed by atoms with Crippen LogP contribution in [-0.4, -0.2) is 79.1 Å². The highest BCUT2D eigenvalue weighted by atomic mass is 35.5. The number of anilines is 2. The first kappa shape index (κ1) is 37.5. The summed E-state index contributed by atoms with van der Waals surface area (Å²) in [5.41, 5.74) is 14.7. The first-order chi connectivity index (χ1) is 22.1. The summed E-state index contributed by atoms with van der Waals surface area (Å²) in [6, 6.07) is 15.7. The van der Waals surface area contributed by atoms with Crippen LogP contribution in [0.2, 0.25) is 5.15 Å². The largest absolute Gasteiger partial charge is 1.00 e. The van der Waals surface area contributed by atoms with Gasteiger partial charge in [0.15, 0.2) is 22.6 Å². The molecule has 11 nitrogen and oxygen atoms in total. The van der Waals surface area contributed by atoms with E-state index in [1.54, 1.807) is 19.2 Å². The summed E-state index contributed by atoms with van der Waals surface area (Å²) in [5.74, 6) is 0.0723. The second-order valence-electron chi connectivity index (χ2n) is 12.0. The number of halogens is 2. The molecule has 0 aliphatic carbocycles. The number of hydrogen-bond donors (Lipinski definition) is 3. The summed E-state index contributed by atoms with van der Waals surface area (Å²) in [6.45, 7) is 3.76. The van der Waals surface area contributed by atoms with Crippen LogP contribution in [0.3, 0.4) is 0 Å². The number of nitrogens with one attached hydrogen (secondary N) is 1. The summed E-state index contributed by atoms with van der Waals surface area (Å²) in [7, 11) is 2.95. The smallest absolute Gasteiger partial charge is 0.325 e. The van der Waals surface area contributed by atoms with Gasteiger partial charge < -0.3 is 43.1 Å². The van der Waals surface area contributed by atoms with Gasteiger partial charge >= 0.3 is 5.97 Å². The van der Waals surface area contributed by atoms with Gasteiger partial charge in [0, 0.05) is 30.7 Å². The predicted molar refractivity (Wildman–Crippen MR) is 178 cm³/mol. The van der Waals surface area contributed by atoms with Crippen LogP contribution < -0.4 is 33.9 Å². The molecule has 2 atom stereocenters. The van der Waals surface area contributed by atoms with Gasteiger partial charge in [0.25, 0.3) is 5.91 Å². The molecule has 2 heterocycles. The van der Waals surface area contributed by atoms with Crippen LogP contribution in [0.4, 0.5) is 11.6 Å². The molecule has 1 aliphatic heterocycles. The number of hydrogen-bond acceptors (Lipinski definition) is 9. The van der Waals surface area contributed by atoms with Crippen molar-refractivity contribution in [2.24, 2.45) is 5.92 Å². The maximum absolute atomic E-state index is 13.3. The number of quaternary nitrogens is 1. The molecule has 1 saturated heterocycles. The Hall–Kier alpha value is -3.93. The average molecular weight is 688 g/mol. The number of carbonyl (C=O) groups excluding carboxylic acids is 3. The number of piperidine rings is 1. The van der Waals surface area contributed by atoms with E-state index >= 15 is 0 Å². The van der Waals surface area contributed by atoms with E-state index in [9.17, 15) is 14.4 Å². The standard InChI is InChI=1S/C34H43ClN6O5.ClH/c1-45-27-15-11-24(12-16-27)7-4-18-41(17-3-6-23-9-13-26(14-10-23)34(44)38-21-29(43)46-2)19-5-8-25(22-41)20-28(42)30-32(36)40-33(37)31(35)39-30;/h9-16,25H,3-8,17-22H2,1-2H3,(H4-,36,37,38,40,42,44);1H. The van der Waals surface area contributed by atoms with E-state index in [1.807, 2.05) is 24.3 Å². The van der Waals surface area contributed by atoms with Crippen molar-refractivity contribution in [2.45, 2.75) is 44.9 Å². The van der Waals surface area contributed by atoms with Crippen LogP contribution in [0, 0.1) is 5.92 Å². The highest BCUT2D eigenvalue weighted by molar-refractivity contribution is 6.31. The van der Waals surface area contributed by atoms with Crippen LogP contribution >= 0.6 is 11.6 Å². The number of aryl methyl sites for hydroxylation is 2. The monoisotopic (exact) mass is 686 g/mol. The number of nitrogens with zero attached hydrogens (tertiary/aromatic N) is 3. The molecular formula is C34H44Cl2N6O5. The minimum absolute atomic E-state index is 0. The van der Waals surface area contributed by atoms with E-state index in [2.05, 4.69) is 32.2 Å². The van der Waals surface area contributed by atoms with Gasteiger partial charge in [-0.2, -0.15) is 0 Å². The molecule has 3 aromatic rings. The maximum atomic E-state index is 13.3. The van der Waals surface area contributed by atoms with E-state index in [4.69, 9.17) is 27.8 Å². The minimum atomic E-state index is -0.497. The van der Waals surface area contributed by atoms with Crippen molar-refractivity contribution in [3.05, 3.63) is 76.1 Å². The van der Waals surface area contributed by atoms with Gasteiger partial charge in [-0.05, 0) is 61.1 Å². The Morgan fingerprint density at radius 1 is 0.936 bits per heavy atom. The number of ether oxygens (including phenoxy) is 2. The third kappa shape index (κ3) is 10.8. The Morgan fingerprint density at radius 3 is 2.15 bits per heavy atom. The quantitative estimate of drug-likeness (QED) is 0.122. The van der Waals surface area contributed by atoms with E-state index in [-0.39, 0.29) is 59.0 Å². The zero-order valence-corrected chi connectivity index (χ0v) is 28.5. The zero-order valence-electron chi connectivity index (χ0n) is 27.0. The third-order valence-corrected chi connectivity index (χ3v) is 9.00. The Labute approximate surface area is 287 Å². The van der Waals surface area contributed by atoms with Crippen molar-refractivity contribution < 1.29 is 40.7 Å². The number of Topliss-reactive ketones (excluding diaryl/α,β-unsaturated/α-hetero) is 1. The van der Waals surface area contributed by atoms with Crippen molar-refractivity contribution in [2.75, 3.05) is 58.4 Å². The molecule has 0 bridgehead atoms. The molecule has 47 heavy (non-hydrogen) atoms. The Balaban J connectivity index is 0.00000600. The van der Waals surface area contributed by atoms with Gasteiger partial charge in [-0.1, -0.05) is 35.9 Å². The molecule has 1 amide bonds. The van der Waals surface area contributed by atoms with Crippen LogP contribution in [0.1, 0.15) is 64.1 Å².